The van der Waals surface area contributed by atoms with Gasteiger partial charge in [0.1, 0.15) is 10.8 Å². The van der Waals surface area contributed by atoms with Gasteiger partial charge in [-0.15, -0.1) is 11.3 Å². The molecule has 216 valence electrons. The molecule has 41 heavy (non-hydrogen) atoms. The molecule has 10 heteroatoms. The van der Waals surface area contributed by atoms with Gasteiger partial charge in [-0.25, -0.2) is 5.43 Å². The molecule has 0 bridgehead atoms. The molecule has 2 amide bonds. The van der Waals surface area contributed by atoms with E-state index >= 15 is 0 Å². The summed E-state index contributed by atoms with van der Waals surface area (Å²) in [5.74, 6) is 0.201. The number of amides is 2. The van der Waals surface area contributed by atoms with Crippen molar-refractivity contribution in [2.45, 2.75) is 32.2 Å². The summed E-state index contributed by atoms with van der Waals surface area (Å²) >= 11 is 1.49. The number of rotatable bonds is 10. The Morgan fingerprint density at radius 3 is 2.54 bits per heavy atom. The highest BCUT2D eigenvalue weighted by Crippen LogP contribution is 2.38. The number of aliphatic hydroxyl groups excluding tert-OH is 1. The van der Waals surface area contributed by atoms with E-state index in [4.69, 9.17) is 4.74 Å². The third-order valence-electron chi connectivity index (χ3n) is 7.60. The highest BCUT2D eigenvalue weighted by atomic mass is 32.1. The second-order valence-electron chi connectivity index (χ2n) is 10.4. The summed E-state index contributed by atoms with van der Waals surface area (Å²) < 4.78 is 5.18. The molecule has 1 aliphatic heterocycles. The summed E-state index contributed by atoms with van der Waals surface area (Å²) in [6, 6.07) is 15.1. The number of nitrogens with zero attached hydrogens (tertiary/aromatic N) is 3. The van der Waals surface area contributed by atoms with Gasteiger partial charge in [0.25, 0.3) is 11.8 Å². The number of ether oxygens (including phenoxy) is 1. The van der Waals surface area contributed by atoms with Crippen molar-refractivity contribution in [1.29, 1.82) is 0 Å². The van der Waals surface area contributed by atoms with E-state index in [9.17, 15) is 14.7 Å². The molecule has 2 heterocycles. The van der Waals surface area contributed by atoms with E-state index in [1.165, 1.54) is 11.3 Å². The molecule has 1 aromatic heterocycles. The number of thiophene rings is 1. The van der Waals surface area contributed by atoms with Gasteiger partial charge in [-0.2, -0.15) is 5.10 Å². The van der Waals surface area contributed by atoms with Crippen LogP contribution in [0, 0.1) is 0 Å². The van der Waals surface area contributed by atoms with E-state index in [2.05, 4.69) is 25.6 Å². The van der Waals surface area contributed by atoms with Crippen LogP contribution in [0.1, 0.15) is 55.1 Å². The van der Waals surface area contributed by atoms with Crippen LogP contribution in [0.25, 0.3) is 0 Å². The van der Waals surface area contributed by atoms with Crippen LogP contribution in [-0.4, -0.2) is 79.4 Å². The molecule has 0 unspecified atom stereocenters. The maximum absolute atomic E-state index is 13.4. The first-order valence-corrected chi connectivity index (χ1v) is 14.9. The molecule has 5 rings (SSSR count). The molecule has 2 aromatic carbocycles. The summed E-state index contributed by atoms with van der Waals surface area (Å²) in [7, 11) is 1.61. The Kier molecular flexibility index (Phi) is 9.79. The minimum atomic E-state index is -0.321. The second kappa shape index (κ2) is 13.9. The number of nitrogens with one attached hydrogen (secondary N) is 2. The number of hydrogen-bond acceptors (Lipinski definition) is 8. The number of piperazine rings is 1. The van der Waals surface area contributed by atoms with Gasteiger partial charge in [0.05, 0.1) is 25.5 Å². The Labute approximate surface area is 244 Å². The van der Waals surface area contributed by atoms with Gasteiger partial charge >= 0.3 is 0 Å². The van der Waals surface area contributed by atoms with E-state index in [1.807, 2.05) is 48.5 Å². The van der Waals surface area contributed by atoms with Crippen LogP contribution in [0.5, 0.6) is 5.75 Å². The fourth-order valence-corrected chi connectivity index (χ4v) is 6.64. The number of hydrazone groups is 1. The Morgan fingerprint density at radius 1 is 1.02 bits per heavy atom. The SMILES string of the molecule is COc1ccc(/C=N/NC(=O)c2c(NC(=O)c3cccc(CN4CCN(CCO)CC4)c3)sc3c2CCCC3)cc1. The first kappa shape index (κ1) is 28.9. The van der Waals surface area contributed by atoms with Crippen molar-refractivity contribution in [2.75, 3.05) is 51.8 Å². The highest BCUT2D eigenvalue weighted by Gasteiger charge is 2.27. The fourth-order valence-electron chi connectivity index (χ4n) is 5.36. The quantitative estimate of drug-likeness (QED) is 0.251. The van der Waals surface area contributed by atoms with Crippen LogP contribution < -0.4 is 15.5 Å². The number of methoxy groups -OCH3 is 1. The number of carbonyl (C=O) groups excluding carboxylic acids is 2. The number of aliphatic hydroxyl groups is 1. The molecule has 0 spiro atoms. The van der Waals surface area contributed by atoms with E-state index in [0.717, 1.165) is 85.7 Å². The van der Waals surface area contributed by atoms with Gasteiger partial charge in [-0.1, -0.05) is 12.1 Å². The number of anilines is 1. The van der Waals surface area contributed by atoms with Crippen molar-refractivity contribution in [1.82, 2.24) is 15.2 Å². The van der Waals surface area contributed by atoms with Gasteiger partial charge in [-0.05, 0) is 78.8 Å². The topological polar surface area (TPSA) is 106 Å². The van der Waals surface area contributed by atoms with Crippen LogP contribution in [-0.2, 0) is 19.4 Å². The number of fused-ring (bicyclic) bond motifs is 1. The van der Waals surface area contributed by atoms with Crippen molar-refractivity contribution in [3.05, 3.63) is 81.2 Å². The zero-order valence-electron chi connectivity index (χ0n) is 23.4. The summed E-state index contributed by atoms with van der Waals surface area (Å²) in [4.78, 5) is 32.5. The number of hydrogen-bond donors (Lipinski definition) is 3. The minimum Gasteiger partial charge on any atom is -0.497 e. The van der Waals surface area contributed by atoms with Crippen LogP contribution in [0.3, 0.4) is 0 Å². The highest BCUT2D eigenvalue weighted by molar-refractivity contribution is 7.17. The Hall–Kier alpha value is -3.57. The molecule has 1 aliphatic carbocycles. The Morgan fingerprint density at radius 2 is 1.78 bits per heavy atom. The van der Waals surface area contributed by atoms with Crippen molar-refractivity contribution in [3.63, 3.8) is 0 Å². The lowest BCUT2D eigenvalue weighted by Crippen LogP contribution is -2.46. The molecule has 3 aromatic rings. The number of carbonyl (C=O) groups is 2. The van der Waals surface area contributed by atoms with Gasteiger partial charge in [0, 0.05) is 49.7 Å². The second-order valence-corrected chi connectivity index (χ2v) is 11.5. The van der Waals surface area contributed by atoms with Crippen LogP contribution >= 0.6 is 11.3 Å². The zero-order chi connectivity index (χ0) is 28.6. The van der Waals surface area contributed by atoms with Crippen LogP contribution in [0.4, 0.5) is 5.00 Å². The maximum atomic E-state index is 13.4. The third kappa shape index (κ3) is 7.39. The monoisotopic (exact) mass is 575 g/mol. The average molecular weight is 576 g/mol. The smallest absolute Gasteiger partial charge is 0.274 e. The molecule has 1 fully saturated rings. The molecule has 3 N–H and O–H groups in total. The molecule has 0 radical (unpaired) electrons. The standard InChI is InChI=1S/C31H37N5O4S/c1-40-25-11-9-22(10-12-25)20-32-34-30(39)28-26-7-2-3-8-27(26)41-31(28)33-29(38)24-6-4-5-23(19-24)21-36-15-13-35(14-16-36)17-18-37/h4-6,9-12,19-20,37H,2-3,7-8,13-18,21H2,1H3,(H,33,38)(H,34,39)/b32-20+. The molecule has 2 aliphatic rings. The molecule has 0 atom stereocenters. The van der Waals surface area contributed by atoms with Crippen LogP contribution in [0.2, 0.25) is 0 Å². The predicted molar refractivity (Wildman–Crippen MR) is 162 cm³/mol. The number of β-amino-alcohol motifs (C(OH)–C–C–N with tert-alkyl or cyclic N) is 1. The Balaban J connectivity index is 1.27. The average Bonchev–Trinajstić information content (AvgIpc) is 3.36. The largest absolute Gasteiger partial charge is 0.497 e. The van der Waals surface area contributed by atoms with E-state index in [1.54, 1.807) is 13.3 Å². The molecule has 9 nitrogen and oxygen atoms in total. The molecule has 1 saturated heterocycles. The summed E-state index contributed by atoms with van der Waals surface area (Å²) in [5, 5.41) is 17.0. The fraction of sp³-hybridized carbons (Fsp3) is 0.387. The van der Waals surface area contributed by atoms with Gasteiger partial charge in [0.15, 0.2) is 0 Å². The van der Waals surface area contributed by atoms with Gasteiger partial charge < -0.3 is 15.2 Å². The first-order valence-electron chi connectivity index (χ1n) is 14.1. The number of benzene rings is 2. The van der Waals surface area contributed by atoms with Gasteiger partial charge in [0.2, 0.25) is 0 Å². The molecular weight excluding hydrogens is 538 g/mol. The number of aryl methyl sites for hydroxylation is 1. The van der Waals surface area contributed by atoms with Crippen LogP contribution in [0.15, 0.2) is 53.6 Å². The van der Waals surface area contributed by atoms with Crippen molar-refractivity contribution >= 4 is 34.4 Å². The lowest BCUT2D eigenvalue weighted by molar-refractivity contribution is 0.0955. The zero-order valence-corrected chi connectivity index (χ0v) is 24.2. The van der Waals surface area contributed by atoms with E-state index in [-0.39, 0.29) is 18.4 Å². The first-order chi connectivity index (χ1) is 20.0. The molecule has 0 saturated carbocycles. The van der Waals surface area contributed by atoms with Crippen molar-refractivity contribution in [3.8, 4) is 5.75 Å². The maximum Gasteiger partial charge on any atom is 0.274 e. The summed E-state index contributed by atoms with van der Waals surface area (Å²) in [6.07, 6.45) is 5.41. The summed E-state index contributed by atoms with van der Waals surface area (Å²) in [6.45, 7) is 5.38. The normalized spacial score (nSPS) is 16.0. The van der Waals surface area contributed by atoms with E-state index < -0.39 is 0 Å². The molecular formula is C31H37N5O4S. The van der Waals surface area contributed by atoms with Crippen molar-refractivity contribution < 1.29 is 19.4 Å². The lowest BCUT2D eigenvalue weighted by Gasteiger charge is -2.34. The minimum absolute atomic E-state index is 0.185. The van der Waals surface area contributed by atoms with Crippen molar-refractivity contribution in [2.24, 2.45) is 5.10 Å². The van der Waals surface area contributed by atoms with E-state index in [0.29, 0.717) is 22.7 Å². The third-order valence-corrected chi connectivity index (χ3v) is 8.80. The predicted octanol–water partition coefficient (Wildman–Crippen LogP) is 3.76. The summed E-state index contributed by atoms with van der Waals surface area (Å²) in [5.41, 5.74) is 6.67. The van der Waals surface area contributed by atoms with Gasteiger partial charge in [-0.3, -0.25) is 19.4 Å². The lowest BCUT2D eigenvalue weighted by atomic mass is 9.95. The Bertz CT molecular complexity index is 1380.